The summed E-state index contributed by atoms with van der Waals surface area (Å²) >= 11 is 0. The number of anilines is 1. The number of carboxylic acids is 1. The van der Waals surface area contributed by atoms with E-state index in [0.29, 0.717) is 18.0 Å². The third kappa shape index (κ3) is 2.45. The lowest BCUT2D eigenvalue weighted by atomic mass is 9.97. The van der Waals surface area contributed by atoms with E-state index in [-0.39, 0.29) is 11.1 Å². The number of carbonyl (C=O) groups is 1. The Hall–Kier alpha value is -2.04. The highest BCUT2D eigenvalue weighted by molar-refractivity contribution is 5.92. The molecular formula is C13H17N3O2. The Morgan fingerprint density at radius 2 is 2.17 bits per heavy atom. The lowest BCUT2D eigenvalue weighted by molar-refractivity contribution is 0.0690. The fourth-order valence-corrected chi connectivity index (χ4v) is 1.67. The molecule has 96 valence electrons. The summed E-state index contributed by atoms with van der Waals surface area (Å²) in [6, 6.07) is 5.41. The Bertz CT molecular complexity index is 581. The molecule has 0 radical (unpaired) electrons. The van der Waals surface area contributed by atoms with Crippen molar-refractivity contribution in [2.45, 2.75) is 20.8 Å². The number of aromatic nitrogens is 2. The van der Waals surface area contributed by atoms with Crippen LogP contribution >= 0.6 is 0 Å². The van der Waals surface area contributed by atoms with Crippen LogP contribution in [-0.2, 0) is 0 Å². The molecule has 2 aromatic heterocycles. The van der Waals surface area contributed by atoms with Gasteiger partial charge in [0.15, 0.2) is 11.5 Å². The molecule has 0 atom stereocenters. The van der Waals surface area contributed by atoms with E-state index in [2.05, 4.69) is 31.1 Å². The first-order valence-electron chi connectivity index (χ1n) is 5.83. The number of hydrogen-bond donors (Lipinski definition) is 2. The first-order valence-corrected chi connectivity index (χ1v) is 5.83. The minimum absolute atomic E-state index is 0.0611. The number of nitrogens with one attached hydrogen (secondary N) is 1. The Morgan fingerprint density at radius 3 is 2.78 bits per heavy atom. The van der Waals surface area contributed by atoms with Gasteiger partial charge in [0, 0.05) is 12.7 Å². The van der Waals surface area contributed by atoms with E-state index in [4.69, 9.17) is 0 Å². The van der Waals surface area contributed by atoms with Crippen LogP contribution in [0.2, 0.25) is 0 Å². The van der Waals surface area contributed by atoms with E-state index in [1.165, 1.54) is 0 Å². The van der Waals surface area contributed by atoms with Crippen LogP contribution in [0.1, 0.15) is 31.3 Å². The molecular weight excluding hydrogens is 230 g/mol. The first-order chi connectivity index (χ1) is 8.38. The van der Waals surface area contributed by atoms with Crippen molar-refractivity contribution in [2.75, 3.05) is 11.9 Å². The van der Waals surface area contributed by atoms with E-state index in [0.717, 1.165) is 0 Å². The van der Waals surface area contributed by atoms with Crippen LogP contribution in [0.4, 0.5) is 5.82 Å². The second-order valence-electron chi connectivity index (χ2n) is 5.46. The minimum atomic E-state index is -0.981. The van der Waals surface area contributed by atoms with Crippen molar-refractivity contribution in [3.63, 3.8) is 0 Å². The summed E-state index contributed by atoms with van der Waals surface area (Å²) in [5, 5.41) is 12.4. The molecule has 0 aliphatic heterocycles. The van der Waals surface area contributed by atoms with Crippen molar-refractivity contribution in [2.24, 2.45) is 5.41 Å². The van der Waals surface area contributed by atoms with Gasteiger partial charge in [-0.3, -0.25) is 4.40 Å². The molecule has 5 nitrogen and oxygen atoms in total. The molecule has 5 heteroatoms. The van der Waals surface area contributed by atoms with Gasteiger partial charge in [-0.1, -0.05) is 26.8 Å². The van der Waals surface area contributed by atoms with Crippen LogP contribution in [0, 0.1) is 5.41 Å². The van der Waals surface area contributed by atoms with E-state index >= 15 is 0 Å². The Balaban J connectivity index is 2.43. The molecule has 18 heavy (non-hydrogen) atoms. The molecule has 2 N–H and O–H groups in total. The molecule has 0 aromatic carbocycles. The highest BCUT2D eigenvalue weighted by atomic mass is 16.4. The van der Waals surface area contributed by atoms with Gasteiger partial charge in [0.25, 0.3) is 0 Å². The molecule has 0 amide bonds. The van der Waals surface area contributed by atoms with Crippen LogP contribution < -0.4 is 5.32 Å². The quantitative estimate of drug-likeness (QED) is 0.874. The molecule has 0 unspecified atom stereocenters. The smallest absolute Gasteiger partial charge is 0.356 e. The summed E-state index contributed by atoms with van der Waals surface area (Å²) < 4.78 is 1.58. The highest BCUT2D eigenvalue weighted by Crippen LogP contribution is 2.20. The molecule has 0 bridgehead atoms. The van der Waals surface area contributed by atoms with Gasteiger partial charge in [0.2, 0.25) is 0 Å². The van der Waals surface area contributed by atoms with Crippen molar-refractivity contribution in [3.8, 4) is 0 Å². The monoisotopic (exact) mass is 247 g/mol. The van der Waals surface area contributed by atoms with Gasteiger partial charge in [-0.05, 0) is 17.5 Å². The van der Waals surface area contributed by atoms with Crippen LogP contribution in [0.25, 0.3) is 5.65 Å². The third-order valence-corrected chi connectivity index (χ3v) is 2.52. The fourth-order valence-electron chi connectivity index (χ4n) is 1.67. The maximum atomic E-state index is 11.3. The SMILES string of the molecule is CC(C)(C)CNc1nc2ccccn2c1C(=O)O. The largest absolute Gasteiger partial charge is 0.476 e. The third-order valence-electron chi connectivity index (χ3n) is 2.52. The summed E-state index contributed by atoms with van der Waals surface area (Å²) in [4.78, 5) is 15.6. The summed E-state index contributed by atoms with van der Waals surface area (Å²) in [7, 11) is 0. The molecule has 0 saturated carbocycles. The number of aromatic carboxylic acids is 1. The van der Waals surface area contributed by atoms with Gasteiger partial charge >= 0.3 is 5.97 Å². The normalized spacial score (nSPS) is 11.7. The average molecular weight is 247 g/mol. The topological polar surface area (TPSA) is 66.6 Å². The molecule has 2 rings (SSSR count). The Kier molecular flexibility index (Phi) is 2.98. The fraction of sp³-hybridized carbons (Fsp3) is 0.385. The van der Waals surface area contributed by atoms with E-state index < -0.39 is 5.97 Å². The Morgan fingerprint density at radius 1 is 1.44 bits per heavy atom. The van der Waals surface area contributed by atoms with Crippen LogP contribution in [0.3, 0.4) is 0 Å². The summed E-state index contributed by atoms with van der Waals surface area (Å²) in [5.41, 5.74) is 0.868. The van der Waals surface area contributed by atoms with Crippen LogP contribution in [-0.4, -0.2) is 27.0 Å². The lowest BCUT2D eigenvalue weighted by Gasteiger charge is -2.18. The zero-order valence-corrected chi connectivity index (χ0v) is 10.8. The minimum Gasteiger partial charge on any atom is -0.476 e. The summed E-state index contributed by atoms with van der Waals surface area (Å²) in [5.74, 6) is -0.561. The Labute approximate surface area is 105 Å². The van der Waals surface area contributed by atoms with Gasteiger partial charge in [0.1, 0.15) is 5.65 Å². The predicted molar refractivity (Wildman–Crippen MR) is 70.1 cm³/mol. The molecule has 2 heterocycles. The zero-order valence-electron chi connectivity index (χ0n) is 10.8. The van der Waals surface area contributed by atoms with Crippen molar-refractivity contribution in [1.82, 2.24) is 9.38 Å². The van der Waals surface area contributed by atoms with Crippen molar-refractivity contribution in [3.05, 3.63) is 30.1 Å². The first kappa shape index (κ1) is 12.4. The van der Waals surface area contributed by atoms with Crippen LogP contribution in [0.5, 0.6) is 0 Å². The number of pyridine rings is 1. The van der Waals surface area contributed by atoms with Crippen molar-refractivity contribution in [1.29, 1.82) is 0 Å². The van der Waals surface area contributed by atoms with Gasteiger partial charge in [0.05, 0.1) is 0 Å². The number of rotatable bonds is 3. The van der Waals surface area contributed by atoms with Gasteiger partial charge in [-0.2, -0.15) is 0 Å². The molecule has 0 saturated heterocycles. The molecule has 0 aliphatic carbocycles. The molecule has 0 fully saturated rings. The summed E-state index contributed by atoms with van der Waals surface area (Å²) in [6.45, 7) is 6.90. The number of carboxylic acid groups (broad SMARTS) is 1. The van der Waals surface area contributed by atoms with E-state index in [1.807, 2.05) is 6.07 Å². The number of imidazole rings is 1. The van der Waals surface area contributed by atoms with E-state index in [1.54, 1.807) is 22.7 Å². The highest BCUT2D eigenvalue weighted by Gasteiger charge is 2.19. The van der Waals surface area contributed by atoms with Crippen LogP contribution in [0.15, 0.2) is 24.4 Å². The second kappa shape index (κ2) is 4.33. The lowest BCUT2D eigenvalue weighted by Crippen LogP contribution is -2.20. The molecule has 0 spiro atoms. The van der Waals surface area contributed by atoms with Gasteiger partial charge in [-0.15, -0.1) is 0 Å². The average Bonchev–Trinajstić information content (AvgIpc) is 2.63. The zero-order chi connectivity index (χ0) is 13.3. The van der Waals surface area contributed by atoms with Gasteiger partial charge < -0.3 is 10.4 Å². The summed E-state index contributed by atoms with van der Waals surface area (Å²) in [6.07, 6.45) is 1.70. The molecule has 0 aliphatic rings. The maximum absolute atomic E-state index is 11.3. The van der Waals surface area contributed by atoms with Crippen molar-refractivity contribution < 1.29 is 9.90 Å². The number of fused-ring (bicyclic) bond motifs is 1. The standard InChI is InChI=1S/C13H17N3O2/c1-13(2,3)8-14-11-10(12(17)18)16-7-5-4-6-9(16)15-11/h4-7,14H,8H2,1-3H3,(H,17,18). The van der Waals surface area contributed by atoms with E-state index in [9.17, 15) is 9.90 Å². The maximum Gasteiger partial charge on any atom is 0.356 e. The number of nitrogens with zero attached hydrogens (tertiary/aromatic N) is 2. The molecule has 2 aromatic rings. The predicted octanol–water partition coefficient (Wildman–Crippen LogP) is 2.49. The second-order valence-corrected chi connectivity index (χ2v) is 5.46. The van der Waals surface area contributed by atoms with Gasteiger partial charge in [-0.25, -0.2) is 9.78 Å². The number of hydrogen-bond acceptors (Lipinski definition) is 3. The van der Waals surface area contributed by atoms with Crippen molar-refractivity contribution >= 4 is 17.4 Å².